The normalized spacial score (nSPS) is 19.9. The van der Waals surface area contributed by atoms with Crippen molar-refractivity contribution < 1.29 is 4.42 Å². The van der Waals surface area contributed by atoms with Crippen LogP contribution in [0, 0.1) is 0 Å². The van der Waals surface area contributed by atoms with Crippen molar-refractivity contribution in [3.8, 4) is 11.4 Å². The largest absolute Gasteiger partial charge is 0.469 e. The molecule has 2 aromatic heterocycles. The molecule has 6 nitrogen and oxygen atoms in total. The third-order valence-electron chi connectivity index (χ3n) is 3.45. The molecule has 102 valence electrons. The SMILES string of the molecule is CCc1occc1-c1nc(N2CCN[C@H](C)C2)n[nH]1. The summed E-state index contributed by atoms with van der Waals surface area (Å²) in [4.78, 5) is 6.79. The quantitative estimate of drug-likeness (QED) is 0.874. The maximum atomic E-state index is 5.43. The van der Waals surface area contributed by atoms with Gasteiger partial charge in [-0.3, -0.25) is 5.10 Å². The molecule has 0 saturated carbocycles. The van der Waals surface area contributed by atoms with E-state index in [1.165, 1.54) is 0 Å². The van der Waals surface area contributed by atoms with Crippen LogP contribution in [-0.4, -0.2) is 40.9 Å². The molecule has 1 aliphatic rings. The number of nitrogens with one attached hydrogen (secondary N) is 2. The lowest BCUT2D eigenvalue weighted by Gasteiger charge is -2.30. The average molecular weight is 261 g/mol. The van der Waals surface area contributed by atoms with Gasteiger partial charge in [0.2, 0.25) is 5.95 Å². The van der Waals surface area contributed by atoms with Crippen molar-refractivity contribution in [3.63, 3.8) is 0 Å². The lowest BCUT2D eigenvalue weighted by Crippen LogP contribution is -2.49. The summed E-state index contributed by atoms with van der Waals surface area (Å²) in [6.45, 7) is 7.08. The Balaban J connectivity index is 1.83. The van der Waals surface area contributed by atoms with Crippen LogP contribution in [0.25, 0.3) is 11.4 Å². The van der Waals surface area contributed by atoms with E-state index < -0.39 is 0 Å². The van der Waals surface area contributed by atoms with Crippen LogP contribution in [0.5, 0.6) is 0 Å². The second kappa shape index (κ2) is 5.05. The molecule has 3 heterocycles. The number of hydrogen-bond acceptors (Lipinski definition) is 5. The first kappa shape index (κ1) is 12.2. The molecule has 0 aliphatic carbocycles. The molecule has 19 heavy (non-hydrogen) atoms. The van der Waals surface area contributed by atoms with Gasteiger partial charge in [-0.25, -0.2) is 0 Å². The molecule has 1 atom stereocenters. The molecule has 0 aromatic carbocycles. The van der Waals surface area contributed by atoms with Gasteiger partial charge in [0, 0.05) is 32.1 Å². The average Bonchev–Trinajstić information content (AvgIpc) is 3.07. The fourth-order valence-corrected chi connectivity index (χ4v) is 2.45. The first-order valence-electron chi connectivity index (χ1n) is 6.75. The molecule has 2 N–H and O–H groups in total. The number of aromatic amines is 1. The summed E-state index contributed by atoms with van der Waals surface area (Å²) in [5.74, 6) is 2.50. The number of furan rings is 1. The van der Waals surface area contributed by atoms with Crippen LogP contribution in [-0.2, 0) is 6.42 Å². The van der Waals surface area contributed by atoms with Gasteiger partial charge in [0.1, 0.15) is 5.76 Å². The third-order valence-corrected chi connectivity index (χ3v) is 3.45. The highest BCUT2D eigenvalue weighted by Gasteiger charge is 2.20. The second-order valence-corrected chi connectivity index (χ2v) is 4.90. The maximum absolute atomic E-state index is 5.43. The smallest absolute Gasteiger partial charge is 0.245 e. The van der Waals surface area contributed by atoms with Crippen molar-refractivity contribution in [2.24, 2.45) is 0 Å². The zero-order chi connectivity index (χ0) is 13.2. The van der Waals surface area contributed by atoms with E-state index in [1.807, 2.05) is 6.07 Å². The molecule has 0 amide bonds. The fraction of sp³-hybridized carbons (Fsp3) is 0.538. The lowest BCUT2D eigenvalue weighted by molar-refractivity contribution is 0.480. The van der Waals surface area contributed by atoms with E-state index in [4.69, 9.17) is 4.42 Å². The monoisotopic (exact) mass is 261 g/mol. The molecule has 0 spiro atoms. The van der Waals surface area contributed by atoms with E-state index in [0.717, 1.165) is 49.2 Å². The molecule has 1 fully saturated rings. The zero-order valence-electron chi connectivity index (χ0n) is 11.3. The van der Waals surface area contributed by atoms with Gasteiger partial charge in [-0.1, -0.05) is 6.92 Å². The Kier molecular flexibility index (Phi) is 3.25. The topological polar surface area (TPSA) is 70.0 Å². The van der Waals surface area contributed by atoms with Crippen molar-refractivity contribution in [2.75, 3.05) is 24.5 Å². The number of rotatable bonds is 3. The van der Waals surface area contributed by atoms with Crippen LogP contribution in [0.4, 0.5) is 5.95 Å². The Morgan fingerprint density at radius 3 is 3.21 bits per heavy atom. The predicted octanol–water partition coefficient (Wildman–Crippen LogP) is 1.43. The van der Waals surface area contributed by atoms with Crippen molar-refractivity contribution in [3.05, 3.63) is 18.1 Å². The van der Waals surface area contributed by atoms with Gasteiger partial charge in [-0.2, -0.15) is 4.98 Å². The van der Waals surface area contributed by atoms with Gasteiger partial charge in [-0.05, 0) is 13.0 Å². The highest BCUT2D eigenvalue weighted by Crippen LogP contribution is 2.23. The van der Waals surface area contributed by atoms with Crippen molar-refractivity contribution in [2.45, 2.75) is 26.3 Å². The molecule has 3 rings (SSSR count). The van der Waals surface area contributed by atoms with Gasteiger partial charge < -0.3 is 14.6 Å². The maximum Gasteiger partial charge on any atom is 0.245 e. The summed E-state index contributed by atoms with van der Waals surface area (Å²) >= 11 is 0. The Morgan fingerprint density at radius 2 is 2.42 bits per heavy atom. The van der Waals surface area contributed by atoms with Crippen LogP contribution in [0.1, 0.15) is 19.6 Å². The predicted molar refractivity (Wildman–Crippen MR) is 73.1 cm³/mol. The van der Waals surface area contributed by atoms with Crippen molar-refractivity contribution >= 4 is 5.95 Å². The Bertz CT molecular complexity index is 547. The number of aryl methyl sites for hydroxylation is 1. The van der Waals surface area contributed by atoms with Crippen LogP contribution in [0.3, 0.4) is 0 Å². The summed E-state index contributed by atoms with van der Waals surface area (Å²) < 4.78 is 5.43. The van der Waals surface area contributed by atoms with Crippen molar-refractivity contribution in [1.29, 1.82) is 0 Å². The summed E-state index contributed by atoms with van der Waals surface area (Å²) in [5.41, 5.74) is 1.00. The first-order valence-corrected chi connectivity index (χ1v) is 6.75. The molecule has 1 saturated heterocycles. The van der Waals surface area contributed by atoms with Gasteiger partial charge in [0.15, 0.2) is 5.82 Å². The molecule has 0 bridgehead atoms. The fourth-order valence-electron chi connectivity index (χ4n) is 2.45. The van der Waals surface area contributed by atoms with E-state index in [1.54, 1.807) is 6.26 Å². The molecular weight excluding hydrogens is 242 g/mol. The van der Waals surface area contributed by atoms with Crippen LogP contribution < -0.4 is 10.2 Å². The second-order valence-electron chi connectivity index (χ2n) is 4.90. The number of piperazine rings is 1. The van der Waals surface area contributed by atoms with Crippen LogP contribution in [0.2, 0.25) is 0 Å². The molecule has 0 radical (unpaired) electrons. The van der Waals surface area contributed by atoms with E-state index in [0.29, 0.717) is 6.04 Å². The van der Waals surface area contributed by atoms with Crippen LogP contribution >= 0.6 is 0 Å². The van der Waals surface area contributed by atoms with E-state index in [2.05, 4.69) is 39.2 Å². The molecule has 0 unspecified atom stereocenters. The molecular formula is C13H19N5O. The Labute approximate surface area is 112 Å². The minimum absolute atomic E-state index is 0.468. The van der Waals surface area contributed by atoms with Crippen molar-refractivity contribution in [1.82, 2.24) is 20.5 Å². The van der Waals surface area contributed by atoms with Gasteiger partial charge >= 0.3 is 0 Å². The summed E-state index contributed by atoms with van der Waals surface area (Å²) in [6.07, 6.45) is 2.55. The van der Waals surface area contributed by atoms with Gasteiger partial charge in [0.05, 0.1) is 11.8 Å². The number of H-pyrrole nitrogens is 1. The highest BCUT2D eigenvalue weighted by atomic mass is 16.3. The zero-order valence-corrected chi connectivity index (χ0v) is 11.3. The van der Waals surface area contributed by atoms with Crippen LogP contribution in [0.15, 0.2) is 16.7 Å². The molecule has 2 aromatic rings. The van der Waals surface area contributed by atoms with Gasteiger partial charge in [-0.15, -0.1) is 5.10 Å². The highest BCUT2D eigenvalue weighted by molar-refractivity contribution is 5.58. The Morgan fingerprint density at radius 1 is 1.53 bits per heavy atom. The number of hydrogen-bond donors (Lipinski definition) is 2. The van der Waals surface area contributed by atoms with Gasteiger partial charge in [0.25, 0.3) is 0 Å². The summed E-state index contributed by atoms with van der Waals surface area (Å²) in [6, 6.07) is 2.40. The van der Waals surface area contributed by atoms with E-state index in [-0.39, 0.29) is 0 Å². The summed E-state index contributed by atoms with van der Waals surface area (Å²) in [7, 11) is 0. The van der Waals surface area contributed by atoms with E-state index in [9.17, 15) is 0 Å². The minimum atomic E-state index is 0.468. The number of aromatic nitrogens is 3. The minimum Gasteiger partial charge on any atom is -0.469 e. The van der Waals surface area contributed by atoms with E-state index >= 15 is 0 Å². The summed E-state index contributed by atoms with van der Waals surface area (Å²) in [5, 5.41) is 10.7. The molecule has 6 heteroatoms. The Hall–Kier alpha value is -1.82. The number of nitrogens with zero attached hydrogens (tertiary/aromatic N) is 3. The third kappa shape index (κ3) is 2.35. The lowest BCUT2D eigenvalue weighted by atomic mass is 10.2. The standard InChI is InChI=1S/C13H19N5O/c1-3-11-10(4-7-19-11)12-15-13(17-16-12)18-6-5-14-9(2)8-18/h4,7,9,14H,3,5-6,8H2,1-2H3,(H,15,16,17)/t9-/m1/s1. The molecule has 1 aliphatic heterocycles. The number of anilines is 1. The first-order chi connectivity index (χ1) is 9.28.